The first-order valence-corrected chi connectivity index (χ1v) is 8.45. The molecular weight excluding hydrogens is 314 g/mol. The number of aryl methyl sites for hydroxylation is 1. The number of carbonyl (C=O) groups excluding carboxylic acids is 1. The lowest BCUT2D eigenvalue weighted by Crippen LogP contribution is -2.26. The van der Waals surface area contributed by atoms with E-state index in [1.54, 1.807) is 18.7 Å². The summed E-state index contributed by atoms with van der Waals surface area (Å²) < 4.78 is 5.59. The molecule has 2 heterocycles. The molecule has 3 rings (SSSR count). The highest BCUT2D eigenvalue weighted by Gasteiger charge is 2.17. The average molecular weight is 335 g/mol. The number of benzene rings is 1. The molecule has 3 aromatic rings. The Balaban J connectivity index is 1.62. The van der Waals surface area contributed by atoms with Crippen LogP contribution in [-0.2, 0) is 6.42 Å². The number of amides is 1. The highest BCUT2D eigenvalue weighted by atomic mass is 16.3. The van der Waals surface area contributed by atoms with Crippen molar-refractivity contribution in [3.8, 4) is 0 Å². The zero-order chi connectivity index (χ0) is 17.5. The Labute approximate surface area is 147 Å². The van der Waals surface area contributed by atoms with E-state index in [4.69, 9.17) is 4.42 Å². The van der Waals surface area contributed by atoms with E-state index < -0.39 is 0 Å². The third-order valence-electron chi connectivity index (χ3n) is 4.09. The first-order chi connectivity index (χ1) is 12.3. The Morgan fingerprint density at radius 1 is 1.12 bits per heavy atom. The molecule has 0 radical (unpaired) electrons. The maximum atomic E-state index is 12.2. The van der Waals surface area contributed by atoms with Gasteiger partial charge in [0.05, 0.1) is 11.8 Å². The number of carbonyl (C=O) groups is 1. The molecule has 1 aromatic carbocycles. The third kappa shape index (κ3) is 4.32. The molecule has 128 valence electrons. The summed E-state index contributed by atoms with van der Waals surface area (Å²) in [6, 6.07) is 14.0. The van der Waals surface area contributed by atoms with Crippen LogP contribution in [0.4, 0.5) is 0 Å². The highest BCUT2D eigenvalue weighted by molar-refractivity contribution is 5.93. The van der Waals surface area contributed by atoms with Crippen LogP contribution in [0.5, 0.6) is 0 Å². The summed E-state index contributed by atoms with van der Waals surface area (Å²) >= 11 is 0. The lowest BCUT2D eigenvalue weighted by molar-refractivity contribution is 0.0951. The average Bonchev–Trinajstić information content (AvgIpc) is 3.20. The number of aromatic nitrogens is 2. The van der Waals surface area contributed by atoms with E-state index in [9.17, 15) is 4.79 Å². The van der Waals surface area contributed by atoms with Gasteiger partial charge in [0.1, 0.15) is 11.6 Å². The number of furan rings is 1. The van der Waals surface area contributed by atoms with Gasteiger partial charge in [-0.3, -0.25) is 4.79 Å². The summed E-state index contributed by atoms with van der Waals surface area (Å²) in [6.07, 6.45) is 6.32. The van der Waals surface area contributed by atoms with Crippen LogP contribution in [0.15, 0.2) is 65.5 Å². The summed E-state index contributed by atoms with van der Waals surface area (Å²) in [5.74, 6) is 1.58. The Bertz CT molecular complexity index is 784. The molecule has 0 aliphatic carbocycles. The van der Waals surface area contributed by atoms with Crippen molar-refractivity contribution in [2.45, 2.75) is 25.7 Å². The van der Waals surface area contributed by atoms with Gasteiger partial charge in [-0.15, -0.1) is 0 Å². The van der Waals surface area contributed by atoms with Gasteiger partial charge in [-0.25, -0.2) is 9.97 Å². The van der Waals surface area contributed by atoms with Crippen LogP contribution in [0, 0.1) is 0 Å². The summed E-state index contributed by atoms with van der Waals surface area (Å²) in [5.41, 5.74) is 1.65. The number of hydrogen-bond donors (Lipinski definition) is 1. The van der Waals surface area contributed by atoms with Crippen LogP contribution in [0.1, 0.15) is 46.8 Å². The molecule has 1 N–H and O–H groups in total. The minimum atomic E-state index is -0.158. The Hall–Kier alpha value is -2.95. The van der Waals surface area contributed by atoms with Gasteiger partial charge in [0, 0.05) is 31.3 Å². The molecular formula is C20H21N3O2. The van der Waals surface area contributed by atoms with Crippen molar-refractivity contribution in [1.29, 1.82) is 0 Å². The van der Waals surface area contributed by atoms with Gasteiger partial charge < -0.3 is 9.73 Å². The second-order valence-electron chi connectivity index (χ2n) is 5.76. The topological polar surface area (TPSA) is 68.0 Å². The second-order valence-corrected chi connectivity index (χ2v) is 5.76. The largest absolute Gasteiger partial charge is 0.469 e. The van der Waals surface area contributed by atoms with E-state index in [0.29, 0.717) is 12.1 Å². The third-order valence-corrected chi connectivity index (χ3v) is 4.09. The molecule has 0 spiro atoms. The SMILES string of the molecule is CCc1ncc(C(=O)NCC[C@H](c2ccccc2)c2ccco2)cn1. The summed E-state index contributed by atoms with van der Waals surface area (Å²) in [5, 5.41) is 2.94. The molecule has 1 amide bonds. The second kappa shape index (κ2) is 8.24. The monoisotopic (exact) mass is 335 g/mol. The Kier molecular flexibility index (Phi) is 5.57. The number of nitrogens with zero attached hydrogens (tertiary/aromatic N) is 2. The molecule has 0 unspecified atom stereocenters. The quantitative estimate of drug-likeness (QED) is 0.716. The minimum Gasteiger partial charge on any atom is -0.469 e. The predicted octanol–water partition coefficient (Wildman–Crippen LogP) is 3.58. The van der Waals surface area contributed by atoms with Crippen LogP contribution < -0.4 is 5.32 Å². The van der Waals surface area contributed by atoms with Crippen molar-refractivity contribution < 1.29 is 9.21 Å². The predicted molar refractivity (Wildman–Crippen MR) is 95.4 cm³/mol. The van der Waals surface area contributed by atoms with Crippen molar-refractivity contribution in [2.75, 3.05) is 6.54 Å². The van der Waals surface area contributed by atoms with Gasteiger partial charge >= 0.3 is 0 Å². The molecule has 5 heteroatoms. The lowest BCUT2D eigenvalue weighted by Gasteiger charge is -2.15. The van der Waals surface area contributed by atoms with Crippen LogP contribution in [-0.4, -0.2) is 22.4 Å². The van der Waals surface area contributed by atoms with Crippen LogP contribution in [0.3, 0.4) is 0 Å². The maximum Gasteiger partial charge on any atom is 0.254 e. The van der Waals surface area contributed by atoms with Gasteiger partial charge in [-0.1, -0.05) is 37.3 Å². The molecule has 5 nitrogen and oxygen atoms in total. The van der Waals surface area contributed by atoms with Crippen molar-refractivity contribution in [1.82, 2.24) is 15.3 Å². The van der Waals surface area contributed by atoms with Crippen molar-refractivity contribution >= 4 is 5.91 Å². The molecule has 0 saturated heterocycles. The summed E-state index contributed by atoms with van der Waals surface area (Å²) in [6.45, 7) is 2.52. The molecule has 0 aliphatic heterocycles. The standard InChI is InChI=1S/C20H21N3O2/c1-2-19-22-13-16(14-23-19)20(24)21-11-10-17(18-9-6-12-25-18)15-7-4-3-5-8-15/h3-9,12-14,17H,2,10-11H2,1H3,(H,21,24)/t17-/m1/s1. The first kappa shape index (κ1) is 16.9. The molecule has 25 heavy (non-hydrogen) atoms. The fraction of sp³-hybridized carbons (Fsp3) is 0.250. The molecule has 0 saturated carbocycles. The molecule has 1 atom stereocenters. The highest BCUT2D eigenvalue weighted by Crippen LogP contribution is 2.27. The number of rotatable bonds is 7. The molecule has 0 fully saturated rings. The normalized spacial score (nSPS) is 11.9. The fourth-order valence-corrected chi connectivity index (χ4v) is 2.73. The molecule has 0 bridgehead atoms. The maximum absolute atomic E-state index is 12.2. The van der Waals surface area contributed by atoms with Gasteiger partial charge in [0.25, 0.3) is 5.91 Å². The van der Waals surface area contributed by atoms with Crippen molar-refractivity contribution in [3.05, 3.63) is 83.8 Å². The minimum absolute atomic E-state index is 0.107. The zero-order valence-electron chi connectivity index (χ0n) is 14.2. The van der Waals surface area contributed by atoms with E-state index >= 15 is 0 Å². The fourth-order valence-electron chi connectivity index (χ4n) is 2.73. The van der Waals surface area contributed by atoms with Crippen LogP contribution >= 0.6 is 0 Å². The first-order valence-electron chi connectivity index (χ1n) is 8.45. The molecule has 2 aromatic heterocycles. The summed E-state index contributed by atoms with van der Waals surface area (Å²) in [4.78, 5) is 20.6. The Morgan fingerprint density at radius 2 is 1.88 bits per heavy atom. The van der Waals surface area contributed by atoms with Gasteiger partial charge in [0.15, 0.2) is 0 Å². The van der Waals surface area contributed by atoms with E-state index in [0.717, 1.165) is 24.4 Å². The van der Waals surface area contributed by atoms with Crippen LogP contribution in [0.25, 0.3) is 0 Å². The summed E-state index contributed by atoms with van der Waals surface area (Å²) in [7, 11) is 0. The van der Waals surface area contributed by atoms with Crippen molar-refractivity contribution in [2.24, 2.45) is 0 Å². The smallest absolute Gasteiger partial charge is 0.254 e. The number of nitrogens with one attached hydrogen (secondary N) is 1. The zero-order valence-corrected chi connectivity index (χ0v) is 14.2. The van der Waals surface area contributed by atoms with Gasteiger partial charge in [0.2, 0.25) is 0 Å². The Morgan fingerprint density at radius 3 is 2.52 bits per heavy atom. The van der Waals surface area contributed by atoms with Gasteiger partial charge in [-0.05, 0) is 24.1 Å². The van der Waals surface area contributed by atoms with Crippen molar-refractivity contribution in [3.63, 3.8) is 0 Å². The van der Waals surface area contributed by atoms with E-state index in [-0.39, 0.29) is 11.8 Å². The van der Waals surface area contributed by atoms with E-state index in [2.05, 4.69) is 27.4 Å². The van der Waals surface area contributed by atoms with E-state index in [1.807, 2.05) is 37.3 Å². The van der Waals surface area contributed by atoms with Crippen LogP contribution in [0.2, 0.25) is 0 Å². The lowest BCUT2D eigenvalue weighted by atomic mass is 9.93. The number of hydrogen-bond acceptors (Lipinski definition) is 4. The molecule has 0 aliphatic rings. The van der Waals surface area contributed by atoms with E-state index in [1.165, 1.54) is 5.56 Å². The van der Waals surface area contributed by atoms with Gasteiger partial charge in [-0.2, -0.15) is 0 Å².